The third kappa shape index (κ3) is 5.09. The normalized spacial score (nSPS) is 17.1. The molecule has 6 nitrogen and oxygen atoms in total. The van der Waals surface area contributed by atoms with Crippen molar-refractivity contribution >= 4 is 5.96 Å². The monoisotopic (exact) mass is 356 g/mol. The maximum Gasteiger partial charge on any atom is 0.191 e. The molecule has 1 atom stereocenters. The molecule has 1 fully saturated rings. The quantitative estimate of drug-likeness (QED) is 0.614. The molecule has 1 aliphatic rings. The number of benzene rings is 1. The van der Waals surface area contributed by atoms with Gasteiger partial charge in [-0.15, -0.1) is 0 Å². The van der Waals surface area contributed by atoms with Crippen LogP contribution >= 0.6 is 0 Å². The molecule has 1 saturated heterocycles. The molecule has 1 aromatic heterocycles. The van der Waals surface area contributed by atoms with Crippen molar-refractivity contribution in [1.29, 1.82) is 0 Å². The predicted molar refractivity (Wildman–Crippen MR) is 103 cm³/mol. The van der Waals surface area contributed by atoms with Crippen LogP contribution in [-0.4, -0.2) is 50.8 Å². The molecular weight excluding hydrogens is 328 g/mol. The lowest BCUT2D eigenvalue weighted by Gasteiger charge is -2.33. The summed E-state index contributed by atoms with van der Waals surface area (Å²) in [5, 5.41) is 6.81. The number of morpholine rings is 1. The number of aryl methyl sites for hydroxylation is 1. The van der Waals surface area contributed by atoms with Crippen molar-refractivity contribution in [3.05, 3.63) is 59.5 Å². The van der Waals surface area contributed by atoms with Crippen LogP contribution < -0.4 is 10.6 Å². The smallest absolute Gasteiger partial charge is 0.191 e. The Morgan fingerprint density at radius 2 is 1.88 bits per heavy atom. The number of nitrogens with one attached hydrogen (secondary N) is 2. The van der Waals surface area contributed by atoms with Crippen molar-refractivity contribution in [2.75, 3.05) is 39.9 Å². The fourth-order valence-corrected chi connectivity index (χ4v) is 3.13. The van der Waals surface area contributed by atoms with Gasteiger partial charge >= 0.3 is 0 Å². The van der Waals surface area contributed by atoms with Gasteiger partial charge in [0, 0.05) is 33.2 Å². The van der Waals surface area contributed by atoms with E-state index in [9.17, 15) is 0 Å². The van der Waals surface area contributed by atoms with E-state index in [1.165, 1.54) is 5.56 Å². The van der Waals surface area contributed by atoms with Crippen LogP contribution in [0.1, 0.15) is 23.1 Å². The van der Waals surface area contributed by atoms with Crippen LogP contribution in [0.3, 0.4) is 0 Å². The summed E-state index contributed by atoms with van der Waals surface area (Å²) in [5.41, 5.74) is 1.22. The second kappa shape index (κ2) is 9.40. The lowest BCUT2D eigenvalue weighted by molar-refractivity contribution is 0.0124. The first-order valence-corrected chi connectivity index (χ1v) is 9.13. The highest BCUT2D eigenvalue weighted by Gasteiger charge is 2.25. The van der Waals surface area contributed by atoms with Crippen molar-refractivity contribution in [2.45, 2.75) is 19.5 Å². The molecule has 3 rings (SSSR count). The molecule has 1 unspecified atom stereocenters. The predicted octanol–water partition coefficient (Wildman–Crippen LogP) is 2.33. The van der Waals surface area contributed by atoms with Crippen LogP contribution in [0, 0.1) is 6.92 Å². The number of aliphatic imine (C=N–C) groups is 1. The van der Waals surface area contributed by atoms with E-state index in [1.807, 2.05) is 31.2 Å². The van der Waals surface area contributed by atoms with Gasteiger partial charge in [0.25, 0.3) is 0 Å². The van der Waals surface area contributed by atoms with Gasteiger partial charge in [0.05, 0.1) is 19.3 Å². The number of hydrogen-bond donors (Lipinski definition) is 2. The fraction of sp³-hybridized carbons (Fsp3) is 0.450. The van der Waals surface area contributed by atoms with Gasteiger partial charge < -0.3 is 19.8 Å². The number of ether oxygens (including phenoxy) is 1. The molecular formula is C20H28N4O2. The van der Waals surface area contributed by atoms with Gasteiger partial charge in [-0.05, 0) is 24.6 Å². The Bertz CT molecular complexity index is 693. The summed E-state index contributed by atoms with van der Waals surface area (Å²) in [6.07, 6.45) is 0. The first-order valence-electron chi connectivity index (χ1n) is 9.13. The van der Waals surface area contributed by atoms with Crippen molar-refractivity contribution in [2.24, 2.45) is 4.99 Å². The summed E-state index contributed by atoms with van der Waals surface area (Å²) in [7, 11) is 1.79. The molecule has 2 aromatic rings. The van der Waals surface area contributed by atoms with E-state index < -0.39 is 0 Å². The number of hydrogen-bond acceptors (Lipinski definition) is 4. The van der Waals surface area contributed by atoms with Crippen LogP contribution in [0.4, 0.5) is 0 Å². The zero-order valence-corrected chi connectivity index (χ0v) is 15.6. The van der Waals surface area contributed by atoms with E-state index in [4.69, 9.17) is 9.15 Å². The lowest BCUT2D eigenvalue weighted by atomic mass is 10.1. The van der Waals surface area contributed by atoms with Crippen LogP contribution in [0.25, 0.3) is 0 Å². The van der Waals surface area contributed by atoms with E-state index in [0.29, 0.717) is 0 Å². The zero-order valence-electron chi connectivity index (χ0n) is 15.6. The van der Waals surface area contributed by atoms with E-state index in [2.05, 4.69) is 38.7 Å². The molecule has 2 heterocycles. The minimum absolute atomic E-state index is 0.155. The molecule has 6 heteroatoms. The van der Waals surface area contributed by atoms with Gasteiger partial charge in [-0.3, -0.25) is 9.89 Å². The minimum Gasteiger partial charge on any atom is -0.465 e. The fourth-order valence-electron chi connectivity index (χ4n) is 3.13. The minimum atomic E-state index is 0.155. The Morgan fingerprint density at radius 3 is 2.54 bits per heavy atom. The molecule has 0 amide bonds. The first-order chi connectivity index (χ1) is 12.8. The Kier molecular flexibility index (Phi) is 6.68. The average molecular weight is 356 g/mol. The van der Waals surface area contributed by atoms with Gasteiger partial charge in [0.15, 0.2) is 5.96 Å². The van der Waals surface area contributed by atoms with Gasteiger partial charge in [0.1, 0.15) is 11.5 Å². The number of rotatable bonds is 6. The Labute approximate surface area is 155 Å². The summed E-state index contributed by atoms with van der Waals surface area (Å²) in [6, 6.07) is 14.5. The summed E-state index contributed by atoms with van der Waals surface area (Å²) in [4.78, 5) is 6.74. The first kappa shape index (κ1) is 18.5. The third-order valence-electron chi connectivity index (χ3n) is 4.57. The summed E-state index contributed by atoms with van der Waals surface area (Å²) < 4.78 is 11.4. The molecule has 0 bridgehead atoms. The van der Waals surface area contributed by atoms with Crippen molar-refractivity contribution in [1.82, 2.24) is 15.5 Å². The largest absolute Gasteiger partial charge is 0.465 e. The van der Waals surface area contributed by atoms with Gasteiger partial charge in [-0.25, -0.2) is 0 Å². The Balaban J connectivity index is 1.60. The van der Waals surface area contributed by atoms with Crippen LogP contribution in [0.5, 0.6) is 0 Å². The zero-order chi connectivity index (χ0) is 18.2. The van der Waals surface area contributed by atoms with Crippen molar-refractivity contribution < 1.29 is 9.15 Å². The highest BCUT2D eigenvalue weighted by atomic mass is 16.5. The molecule has 1 aliphatic heterocycles. The standard InChI is InChI=1S/C20H28N4O2/c1-16-8-9-19(26-16)18(24-10-12-25-13-11-24)15-23-20(21-2)22-14-17-6-4-3-5-7-17/h3-9,18H,10-15H2,1-2H3,(H2,21,22,23). The summed E-state index contributed by atoms with van der Waals surface area (Å²) >= 11 is 0. The molecule has 140 valence electrons. The Morgan fingerprint density at radius 1 is 1.12 bits per heavy atom. The molecule has 0 radical (unpaired) electrons. The topological polar surface area (TPSA) is 62.0 Å². The molecule has 26 heavy (non-hydrogen) atoms. The van der Waals surface area contributed by atoms with Crippen molar-refractivity contribution in [3.8, 4) is 0 Å². The lowest BCUT2D eigenvalue weighted by Crippen LogP contribution is -2.46. The van der Waals surface area contributed by atoms with E-state index in [-0.39, 0.29) is 6.04 Å². The van der Waals surface area contributed by atoms with E-state index in [0.717, 1.165) is 56.9 Å². The maximum absolute atomic E-state index is 5.91. The maximum atomic E-state index is 5.91. The molecule has 0 saturated carbocycles. The molecule has 2 N–H and O–H groups in total. The molecule has 1 aromatic carbocycles. The number of guanidine groups is 1. The SMILES string of the molecule is CN=C(NCc1ccccc1)NCC(c1ccc(C)o1)N1CCOCC1. The van der Waals surface area contributed by atoms with Crippen LogP contribution in [-0.2, 0) is 11.3 Å². The second-order valence-electron chi connectivity index (χ2n) is 6.40. The number of nitrogens with zero attached hydrogens (tertiary/aromatic N) is 2. The van der Waals surface area contributed by atoms with Crippen LogP contribution in [0.2, 0.25) is 0 Å². The van der Waals surface area contributed by atoms with Gasteiger partial charge in [0.2, 0.25) is 0 Å². The summed E-state index contributed by atoms with van der Waals surface area (Å²) in [6.45, 7) is 6.77. The highest BCUT2D eigenvalue weighted by molar-refractivity contribution is 5.79. The van der Waals surface area contributed by atoms with E-state index >= 15 is 0 Å². The molecule has 0 aliphatic carbocycles. The van der Waals surface area contributed by atoms with E-state index in [1.54, 1.807) is 7.05 Å². The third-order valence-corrected chi connectivity index (χ3v) is 4.57. The van der Waals surface area contributed by atoms with Crippen molar-refractivity contribution in [3.63, 3.8) is 0 Å². The second-order valence-corrected chi connectivity index (χ2v) is 6.40. The highest BCUT2D eigenvalue weighted by Crippen LogP contribution is 2.23. The van der Waals surface area contributed by atoms with Gasteiger partial charge in [-0.2, -0.15) is 0 Å². The summed E-state index contributed by atoms with van der Waals surface area (Å²) in [5.74, 6) is 2.70. The van der Waals surface area contributed by atoms with Gasteiger partial charge in [-0.1, -0.05) is 30.3 Å². The average Bonchev–Trinajstić information content (AvgIpc) is 3.12. The molecule has 0 spiro atoms. The Hall–Kier alpha value is -2.31. The number of furan rings is 1. The van der Waals surface area contributed by atoms with Crippen LogP contribution in [0.15, 0.2) is 51.9 Å².